The van der Waals surface area contributed by atoms with E-state index in [9.17, 15) is 14.4 Å². The molecule has 1 amide bonds. The Bertz CT molecular complexity index is 1670. The Balaban J connectivity index is 1.25. The standard InChI is InChI=1S/C36H43ClF2N4O5/c1-3-47-35(46)23-12-14-25(15-13-23)48-36(42-16-6-7-17-42,43-18-8-11-33(43)39)32(44)20-24-19-28(37)30(21-29(24)38)40-34(45)27-22-41(2)31-10-5-4-9-26(27)31/h4-5,9-10,19,21-23,25,33H,3,6-8,11-18,20H2,1-2H3,(H,40,45). The van der Waals surface area contributed by atoms with Crippen molar-refractivity contribution in [3.05, 3.63) is 64.6 Å². The summed E-state index contributed by atoms with van der Waals surface area (Å²) in [6.45, 7) is 3.49. The minimum atomic E-state index is -1.73. The summed E-state index contributed by atoms with van der Waals surface area (Å²) in [5.74, 6) is -3.83. The van der Waals surface area contributed by atoms with Gasteiger partial charge in [-0.2, -0.15) is 0 Å². The maximum Gasteiger partial charge on any atom is 0.308 e. The van der Waals surface area contributed by atoms with Crippen molar-refractivity contribution in [2.45, 2.75) is 83.0 Å². The van der Waals surface area contributed by atoms with Crippen LogP contribution in [0.4, 0.5) is 14.5 Å². The summed E-state index contributed by atoms with van der Waals surface area (Å²) in [4.78, 5) is 43.6. The van der Waals surface area contributed by atoms with Crippen molar-refractivity contribution in [1.29, 1.82) is 0 Å². The molecule has 1 saturated carbocycles. The summed E-state index contributed by atoms with van der Waals surface area (Å²) in [5, 5.41) is 3.54. The molecule has 0 spiro atoms. The van der Waals surface area contributed by atoms with E-state index >= 15 is 8.78 Å². The SMILES string of the molecule is CCOC(=O)C1CCC(OC(C(=O)Cc2cc(Cl)c(NC(=O)c3cn(C)c4ccccc34)cc2F)(N2CCCC2)N2CCCC2F)CC1. The molecular formula is C36H43ClF2N4O5. The molecule has 1 aliphatic carbocycles. The second kappa shape index (κ2) is 14.6. The normalized spacial score (nSPS) is 23.3. The number of halogens is 3. The van der Waals surface area contributed by atoms with Gasteiger partial charge >= 0.3 is 5.97 Å². The molecule has 0 bridgehead atoms. The zero-order valence-corrected chi connectivity index (χ0v) is 28.2. The topological polar surface area (TPSA) is 93.1 Å². The fourth-order valence-corrected chi connectivity index (χ4v) is 7.78. The lowest BCUT2D eigenvalue weighted by molar-refractivity contribution is -0.267. The van der Waals surface area contributed by atoms with Gasteiger partial charge in [0.05, 0.1) is 34.9 Å². The number of likely N-dealkylation sites (tertiary alicyclic amines) is 2. The third-order valence-electron chi connectivity index (χ3n) is 9.97. The molecular weight excluding hydrogens is 642 g/mol. The number of hydrogen-bond donors (Lipinski definition) is 1. The molecule has 1 N–H and O–H groups in total. The molecule has 2 saturated heterocycles. The van der Waals surface area contributed by atoms with E-state index in [2.05, 4.69) is 5.32 Å². The van der Waals surface area contributed by atoms with Crippen molar-refractivity contribution in [3.8, 4) is 0 Å². The van der Waals surface area contributed by atoms with E-state index in [1.54, 1.807) is 13.1 Å². The largest absolute Gasteiger partial charge is 0.466 e. The highest BCUT2D eigenvalue weighted by molar-refractivity contribution is 6.34. The molecule has 6 rings (SSSR count). The maximum absolute atomic E-state index is 15.8. The first-order chi connectivity index (χ1) is 23.1. The Morgan fingerprint density at radius 1 is 1.02 bits per heavy atom. The number of aromatic nitrogens is 1. The highest BCUT2D eigenvalue weighted by atomic mass is 35.5. The monoisotopic (exact) mass is 684 g/mol. The highest BCUT2D eigenvalue weighted by Crippen LogP contribution is 2.40. The third-order valence-corrected chi connectivity index (χ3v) is 10.3. The number of Topliss-reactive ketones (excluding diaryl/α,β-unsaturated/α-hetero) is 1. The fourth-order valence-electron chi connectivity index (χ4n) is 7.54. The van der Waals surface area contributed by atoms with Crippen LogP contribution < -0.4 is 5.32 Å². The number of alkyl halides is 1. The van der Waals surface area contributed by atoms with Crippen molar-refractivity contribution in [2.75, 3.05) is 31.6 Å². The van der Waals surface area contributed by atoms with Crippen LogP contribution in [0.1, 0.15) is 74.2 Å². The third kappa shape index (κ3) is 6.75. The summed E-state index contributed by atoms with van der Waals surface area (Å²) in [6, 6.07) is 9.93. The molecule has 3 heterocycles. The van der Waals surface area contributed by atoms with Crippen LogP contribution in [0.15, 0.2) is 42.6 Å². The molecule has 3 aromatic rings. The number of benzene rings is 2. The van der Waals surface area contributed by atoms with Crippen LogP contribution in [0, 0.1) is 11.7 Å². The molecule has 0 radical (unpaired) electrons. The summed E-state index contributed by atoms with van der Waals surface area (Å²) in [7, 11) is 1.84. The van der Waals surface area contributed by atoms with Gasteiger partial charge in [-0.15, -0.1) is 0 Å². The first-order valence-electron chi connectivity index (χ1n) is 17.0. The molecule has 2 aromatic carbocycles. The summed E-state index contributed by atoms with van der Waals surface area (Å²) >= 11 is 6.60. The summed E-state index contributed by atoms with van der Waals surface area (Å²) < 4.78 is 45.3. The Kier molecular flexibility index (Phi) is 10.5. The van der Waals surface area contributed by atoms with Crippen LogP contribution in [-0.2, 0) is 32.5 Å². The average Bonchev–Trinajstić information content (AvgIpc) is 3.84. The van der Waals surface area contributed by atoms with E-state index in [1.165, 1.54) is 11.0 Å². The molecule has 9 nitrogen and oxygen atoms in total. The average molecular weight is 685 g/mol. The van der Waals surface area contributed by atoms with Crippen molar-refractivity contribution in [2.24, 2.45) is 13.0 Å². The number of para-hydroxylation sites is 1. The number of carbonyl (C=O) groups excluding carboxylic acids is 3. The van der Waals surface area contributed by atoms with Gasteiger partial charge in [0.2, 0.25) is 5.85 Å². The van der Waals surface area contributed by atoms with E-state index in [1.807, 2.05) is 40.8 Å². The second-order valence-electron chi connectivity index (χ2n) is 13.1. The number of nitrogens with one attached hydrogen (secondary N) is 1. The molecule has 1 aromatic heterocycles. The molecule has 258 valence electrons. The van der Waals surface area contributed by atoms with Crippen LogP contribution in [0.5, 0.6) is 0 Å². The first-order valence-corrected chi connectivity index (χ1v) is 17.4. The van der Waals surface area contributed by atoms with Gasteiger partial charge in [0.15, 0.2) is 12.1 Å². The first kappa shape index (κ1) is 34.5. The number of anilines is 1. The predicted molar refractivity (Wildman–Crippen MR) is 179 cm³/mol. The molecule has 3 aliphatic rings. The number of amides is 1. The van der Waals surface area contributed by atoms with E-state index in [-0.39, 0.29) is 41.0 Å². The summed E-state index contributed by atoms with van der Waals surface area (Å²) in [5.41, 5.74) is 1.39. The summed E-state index contributed by atoms with van der Waals surface area (Å²) in [6.07, 6.45) is 4.13. The number of carbonyl (C=O) groups is 3. The zero-order chi connectivity index (χ0) is 34.0. The molecule has 2 atom stereocenters. The Labute approximate surface area is 284 Å². The fraction of sp³-hybridized carbons (Fsp3) is 0.528. The lowest BCUT2D eigenvalue weighted by Gasteiger charge is -2.49. The smallest absolute Gasteiger partial charge is 0.308 e. The number of aryl methyl sites for hydroxylation is 1. The minimum absolute atomic E-state index is 0.0287. The Hall–Kier alpha value is -3.38. The maximum atomic E-state index is 15.8. The number of rotatable bonds is 11. The predicted octanol–water partition coefficient (Wildman–Crippen LogP) is 6.61. The van der Waals surface area contributed by atoms with E-state index in [4.69, 9.17) is 21.1 Å². The van der Waals surface area contributed by atoms with Crippen molar-refractivity contribution in [1.82, 2.24) is 14.4 Å². The highest BCUT2D eigenvalue weighted by Gasteiger charge is 2.56. The van der Waals surface area contributed by atoms with Gasteiger partial charge in [0.1, 0.15) is 5.82 Å². The van der Waals surface area contributed by atoms with Gasteiger partial charge < -0.3 is 19.4 Å². The van der Waals surface area contributed by atoms with Crippen LogP contribution in [0.25, 0.3) is 10.9 Å². The zero-order valence-electron chi connectivity index (χ0n) is 27.5. The number of nitrogens with zero attached hydrogens (tertiary/aromatic N) is 3. The van der Waals surface area contributed by atoms with Crippen molar-refractivity contribution < 1.29 is 32.6 Å². The second-order valence-corrected chi connectivity index (χ2v) is 13.5. The van der Waals surface area contributed by atoms with Gasteiger partial charge in [-0.05, 0) is 82.1 Å². The Morgan fingerprint density at radius 2 is 1.75 bits per heavy atom. The molecule has 12 heteroatoms. The molecule has 2 unspecified atom stereocenters. The molecule has 2 aliphatic heterocycles. The van der Waals surface area contributed by atoms with Crippen LogP contribution in [0.2, 0.25) is 5.02 Å². The van der Waals surface area contributed by atoms with Crippen molar-refractivity contribution in [3.63, 3.8) is 0 Å². The minimum Gasteiger partial charge on any atom is -0.466 e. The van der Waals surface area contributed by atoms with Crippen molar-refractivity contribution >= 4 is 45.9 Å². The molecule has 3 fully saturated rings. The van der Waals surface area contributed by atoms with Gasteiger partial charge in [0.25, 0.3) is 5.91 Å². The molecule has 48 heavy (non-hydrogen) atoms. The number of esters is 1. The number of fused-ring (bicyclic) bond motifs is 1. The van der Waals surface area contributed by atoms with Gasteiger partial charge in [-0.3, -0.25) is 19.3 Å². The van der Waals surface area contributed by atoms with Gasteiger partial charge in [-0.25, -0.2) is 13.7 Å². The van der Waals surface area contributed by atoms with Gasteiger partial charge in [0, 0.05) is 50.2 Å². The number of ether oxygens (including phenoxy) is 2. The lowest BCUT2D eigenvalue weighted by atomic mass is 9.87. The van der Waals surface area contributed by atoms with Crippen LogP contribution in [0.3, 0.4) is 0 Å². The quantitative estimate of drug-likeness (QED) is 0.179. The van der Waals surface area contributed by atoms with E-state index < -0.39 is 35.8 Å². The van der Waals surface area contributed by atoms with E-state index in [0.29, 0.717) is 63.9 Å². The number of ketones is 1. The Morgan fingerprint density at radius 3 is 2.44 bits per heavy atom. The van der Waals surface area contributed by atoms with Crippen LogP contribution in [-0.4, -0.2) is 76.5 Å². The van der Waals surface area contributed by atoms with Crippen LogP contribution >= 0.6 is 11.6 Å². The lowest BCUT2D eigenvalue weighted by Crippen LogP contribution is -2.68. The number of hydrogen-bond acceptors (Lipinski definition) is 7. The van der Waals surface area contributed by atoms with Gasteiger partial charge in [-0.1, -0.05) is 29.8 Å². The van der Waals surface area contributed by atoms with E-state index in [0.717, 1.165) is 29.8 Å².